The Bertz CT molecular complexity index is 160. The van der Waals surface area contributed by atoms with Crippen LogP contribution in [-0.4, -0.2) is 43.2 Å². The minimum atomic E-state index is -0.242. The Morgan fingerprint density at radius 3 is 2.93 bits per heavy atom. The van der Waals surface area contributed by atoms with E-state index in [9.17, 15) is 0 Å². The zero-order valence-corrected chi connectivity index (χ0v) is 9.52. The summed E-state index contributed by atoms with van der Waals surface area (Å²) >= 11 is 0. The van der Waals surface area contributed by atoms with E-state index in [0.29, 0.717) is 6.61 Å². The van der Waals surface area contributed by atoms with Crippen LogP contribution in [0.1, 0.15) is 32.6 Å². The van der Waals surface area contributed by atoms with Gasteiger partial charge in [0, 0.05) is 12.6 Å². The average Bonchev–Trinajstić information content (AvgIpc) is 2.72. The molecule has 0 saturated carbocycles. The van der Waals surface area contributed by atoms with Crippen LogP contribution >= 0.6 is 0 Å². The van der Waals surface area contributed by atoms with Gasteiger partial charge in [0.05, 0.1) is 25.4 Å². The largest absolute Gasteiger partial charge is 0.394 e. The van der Waals surface area contributed by atoms with Gasteiger partial charge in [-0.2, -0.15) is 0 Å². The van der Waals surface area contributed by atoms with Crippen LogP contribution in [-0.2, 0) is 9.47 Å². The SMILES string of the molecule is CCCC(N)C(CO)OCC1CCCO1. The Balaban J connectivity index is 2.19. The summed E-state index contributed by atoms with van der Waals surface area (Å²) in [4.78, 5) is 0. The number of nitrogens with two attached hydrogens (primary N) is 1. The molecule has 3 atom stereocenters. The van der Waals surface area contributed by atoms with Crippen LogP contribution in [0.2, 0.25) is 0 Å². The number of ether oxygens (including phenoxy) is 2. The van der Waals surface area contributed by atoms with Gasteiger partial charge in [0.1, 0.15) is 0 Å². The van der Waals surface area contributed by atoms with E-state index >= 15 is 0 Å². The highest BCUT2D eigenvalue weighted by Gasteiger charge is 2.21. The van der Waals surface area contributed by atoms with E-state index < -0.39 is 0 Å². The van der Waals surface area contributed by atoms with Gasteiger partial charge in [-0.05, 0) is 19.3 Å². The number of hydrogen-bond acceptors (Lipinski definition) is 4. The number of aliphatic hydroxyl groups excluding tert-OH is 1. The predicted octanol–water partition coefficient (Wildman–Crippen LogP) is 0.670. The summed E-state index contributed by atoms with van der Waals surface area (Å²) < 4.78 is 11.0. The summed E-state index contributed by atoms with van der Waals surface area (Å²) in [5.74, 6) is 0. The van der Waals surface area contributed by atoms with Crippen LogP contribution < -0.4 is 5.73 Å². The van der Waals surface area contributed by atoms with Crippen molar-refractivity contribution in [3.8, 4) is 0 Å². The quantitative estimate of drug-likeness (QED) is 0.658. The average molecular weight is 217 g/mol. The van der Waals surface area contributed by atoms with Crippen LogP contribution in [0, 0.1) is 0 Å². The molecule has 1 fully saturated rings. The van der Waals surface area contributed by atoms with E-state index in [4.69, 9.17) is 20.3 Å². The highest BCUT2D eigenvalue weighted by molar-refractivity contribution is 4.73. The molecular formula is C11H23NO3. The molecule has 3 unspecified atom stereocenters. The summed E-state index contributed by atoms with van der Waals surface area (Å²) in [6, 6.07) is -0.0681. The van der Waals surface area contributed by atoms with Crippen LogP contribution in [0.4, 0.5) is 0 Å². The lowest BCUT2D eigenvalue weighted by molar-refractivity contribution is -0.0495. The van der Waals surface area contributed by atoms with E-state index in [-0.39, 0.29) is 24.9 Å². The van der Waals surface area contributed by atoms with Gasteiger partial charge in [-0.1, -0.05) is 13.3 Å². The molecule has 4 nitrogen and oxygen atoms in total. The monoisotopic (exact) mass is 217 g/mol. The highest BCUT2D eigenvalue weighted by atomic mass is 16.5. The van der Waals surface area contributed by atoms with Crippen molar-refractivity contribution in [1.82, 2.24) is 0 Å². The van der Waals surface area contributed by atoms with Crippen molar-refractivity contribution in [3.05, 3.63) is 0 Å². The first-order chi connectivity index (χ1) is 7.27. The van der Waals surface area contributed by atoms with Gasteiger partial charge >= 0.3 is 0 Å². The molecule has 1 saturated heterocycles. The fraction of sp³-hybridized carbons (Fsp3) is 1.00. The summed E-state index contributed by atoms with van der Waals surface area (Å²) in [6.07, 6.45) is 4.03. The molecule has 15 heavy (non-hydrogen) atoms. The predicted molar refractivity (Wildman–Crippen MR) is 58.7 cm³/mol. The molecule has 3 N–H and O–H groups in total. The topological polar surface area (TPSA) is 64.7 Å². The van der Waals surface area contributed by atoms with Gasteiger partial charge < -0.3 is 20.3 Å². The first-order valence-electron chi connectivity index (χ1n) is 5.87. The summed E-state index contributed by atoms with van der Waals surface area (Å²) in [5, 5.41) is 9.15. The lowest BCUT2D eigenvalue weighted by atomic mass is 10.1. The summed E-state index contributed by atoms with van der Waals surface area (Å²) in [6.45, 7) is 3.46. The highest BCUT2D eigenvalue weighted by Crippen LogP contribution is 2.13. The third-order valence-electron chi connectivity index (χ3n) is 2.80. The zero-order valence-electron chi connectivity index (χ0n) is 9.52. The van der Waals surface area contributed by atoms with Crippen LogP contribution in [0.25, 0.3) is 0 Å². The van der Waals surface area contributed by atoms with Crippen LogP contribution in [0.3, 0.4) is 0 Å². The maximum atomic E-state index is 9.15. The third kappa shape index (κ3) is 4.47. The van der Waals surface area contributed by atoms with Gasteiger partial charge in [-0.15, -0.1) is 0 Å². The van der Waals surface area contributed by atoms with Crippen molar-refractivity contribution in [1.29, 1.82) is 0 Å². The molecule has 0 aliphatic carbocycles. The van der Waals surface area contributed by atoms with Crippen LogP contribution in [0.5, 0.6) is 0 Å². The second-order valence-electron chi connectivity index (χ2n) is 4.14. The molecule has 0 aromatic rings. The summed E-state index contributed by atoms with van der Waals surface area (Å²) in [7, 11) is 0. The molecule has 1 aliphatic heterocycles. The van der Waals surface area contributed by atoms with E-state index in [0.717, 1.165) is 32.3 Å². The smallest absolute Gasteiger partial charge is 0.0957 e. The number of hydrogen-bond donors (Lipinski definition) is 2. The second-order valence-corrected chi connectivity index (χ2v) is 4.14. The first-order valence-corrected chi connectivity index (χ1v) is 5.87. The first kappa shape index (κ1) is 12.9. The molecule has 1 rings (SSSR count). The molecule has 1 heterocycles. The van der Waals surface area contributed by atoms with Crippen molar-refractivity contribution in [3.63, 3.8) is 0 Å². The molecule has 4 heteroatoms. The van der Waals surface area contributed by atoms with E-state index in [1.54, 1.807) is 0 Å². The third-order valence-corrected chi connectivity index (χ3v) is 2.80. The Kier molecular flexibility index (Phi) is 6.17. The van der Waals surface area contributed by atoms with Crippen molar-refractivity contribution in [2.24, 2.45) is 5.73 Å². The van der Waals surface area contributed by atoms with Crippen molar-refractivity contribution < 1.29 is 14.6 Å². The van der Waals surface area contributed by atoms with Gasteiger partial charge in [0.25, 0.3) is 0 Å². The lowest BCUT2D eigenvalue weighted by Gasteiger charge is -2.23. The van der Waals surface area contributed by atoms with Crippen molar-refractivity contribution >= 4 is 0 Å². The molecule has 0 radical (unpaired) electrons. The van der Waals surface area contributed by atoms with Gasteiger partial charge in [0.15, 0.2) is 0 Å². The van der Waals surface area contributed by atoms with Gasteiger partial charge in [-0.25, -0.2) is 0 Å². The molecule has 0 bridgehead atoms. The molecular weight excluding hydrogens is 194 g/mol. The Labute approximate surface area is 91.7 Å². The lowest BCUT2D eigenvalue weighted by Crippen LogP contribution is -2.40. The van der Waals surface area contributed by atoms with E-state index in [1.165, 1.54) is 0 Å². The Morgan fingerprint density at radius 1 is 1.60 bits per heavy atom. The maximum Gasteiger partial charge on any atom is 0.0957 e. The number of aliphatic hydroxyl groups is 1. The Morgan fingerprint density at radius 2 is 2.40 bits per heavy atom. The second kappa shape index (κ2) is 7.17. The molecule has 90 valence electrons. The standard InChI is InChI=1S/C11H23NO3/c1-2-4-10(12)11(7-13)15-8-9-5-3-6-14-9/h9-11,13H,2-8,12H2,1H3. The van der Waals surface area contributed by atoms with Gasteiger partial charge in [-0.3, -0.25) is 0 Å². The normalized spacial score (nSPS) is 25.4. The van der Waals surface area contributed by atoms with E-state index in [2.05, 4.69) is 6.92 Å². The van der Waals surface area contributed by atoms with E-state index in [1.807, 2.05) is 0 Å². The molecule has 0 aromatic carbocycles. The minimum absolute atomic E-state index is 0.00606. The Hall–Kier alpha value is -0.160. The number of rotatable bonds is 7. The van der Waals surface area contributed by atoms with Crippen molar-refractivity contribution in [2.75, 3.05) is 19.8 Å². The summed E-state index contributed by atoms with van der Waals surface area (Å²) in [5.41, 5.74) is 5.90. The minimum Gasteiger partial charge on any atom is -0.394 e. The van der Waals surface area contributed by atoms with Crippen molar-refractivity contribution in [2.45, 2.75) is 50.9 Å². The van der Waals surface area contributed by atoms with Gasteiger partial charge in [0.2, 0.25) is 0 Å². The fourth-order valence-electron chi connectivity index (χ4n) is 1.84. The maximum absolute atomic E-state index is 9.15. The fourth-order valence-corrected chi connectivity index (χ4v) is 1.84. The molecule has 1 aliphatic rings. The van der Waals surface area contributed by atoms with Crippen LogP contribution in [0.15, 0.2) is 0 Å². The molecule has 0 amide bonds. The molecule has 0 aromatic heterocycles. The zero-order chi connectivity index (χ0) is 11.1. The molecule has 0 spiro atoms.